The molecule has 2 fully saturated rings. The molecule has 0 spiro atoms. The van der Waals surface area contributed by atoms with Crippen molar-refractivity contribution < 1.29 is 19.4 Å². The van der Waals surface area contributed by atoms with Crippen LogP contribution in [-0.4, -0.2) is 48.7 Å². The van der Waals surface area contributed by atoms with Crippen molar-refractivity contribution in [1.82, 2.24) is 4.90 Å². The SMILES string of the molecule is COCCC1(C(=O)N2CC(C(=O)O)C(c3ccccc3)C2)CC1. The summed E-state index contributed by atoms with van der Waals surface area (Å²) in [7, 11) is 1.64. The van der Waals surface area contributed by atoms with E-state index < -0.39 is 11.9 Å². The van der Waals surface area contributed by atoms with E-state index in [0.29, 0.717) is 19.7 Å². The van der Waals surface area contributed by atoms with Crippen molar-refractivity contribution in [3.8, 4) is 0 Å². The summed E-state index contributed by atoms with van der Waals surface area (Å²) in [6.07, 6.45) is 2.51. The number of hydrogen-bond acceptors (Lipinski definition) is 3. The Labute approximate surface area is 136 Å². The Kier molecular flexibility index (Phi) is 4.39. The summed E-state index contributed by atoms with van der Waals surface area (Å²) in [5, 5.41) is 9.55. The van der Waals surface area contributed by atoms with Gasteiger partial charge >= 0.3 is 5.97 Å². The highest BCUT2D eigenvalue weighted by Gasteiger charge is 2.53. The molecule has 1 N–H and O–H groups in total. The van der Waals surface area contributed by atoms with E-state index in [0.717, 1.165) is 24.8 Å². The van der Waals surface area contributed by atoms with Crippen molar-refractivity contribution in [3.63, 3.8) is 0 Å². The smallest absolute Gasteiger partial charge is 0.308 e. The lowest BCUT2D eigenvalue weighted by molar-refractivity contribution is -0.142. The van der Waals surface area contributed by atoms with Crippen LogP contribution in [0.1, 0.15) is 30.7 Å². The van der Waals surface area contributed by atoms with Gasteiger partial charge in [0.1, 0.15) is 0 Å². The zero-order chi connectivity index (χ0) is 16.4. The van der Waals surface area contributed by atoms with Crippen LogP contribution in [0.3, 0.4) is 0 Å². The van der Waals surface area contributed by atoms with Crippen LogP contribution in [0.25, 0.3) is 0 Å². The number of carboxylic acid groups (broad SMARTS) is 1. The van der Waals surface area contributed by atoms with Crippen molar-refractivity contribution in [3.05, 3.63) is 35.9 Å². The maximum absolute atomic E-state index is 12.9. The van der Waals surface area contributed by atoms with E-state index in [1.165, 1.54) is 0 Å². The van der Waals surface area contributed by atoms with Crippen molar-refractivity contribution in [2.75, 3.05) is 26.8 Å². The molecule has 0 aromatic heterocycles. The largest absolute Gasteiger partial charge is 0.481 e. The number of aliphatic carboxylic acids is 1. The first-order chi connectivity index (χ1) is 11.1. The molecule has 1 saturated carbocycles. The van der Waals surface area contributed by atoms with Gasteiger partial charge in [0.15, 0.2) is 0 Å². The molecule has 0 bridgehead atoms. The Morgan fingerprint density at radius 1 is 1.26 bits per heavy atom. The monoisotopic (exact) mass is 317 g/mol. The summed E-state index contributed by atoms with van der Waals surface area (Å²) in [5.74, 6) is -1.37. The van der Waals surface area contributed by atoms with Gasteiger partial charge in [0.2, 0.25) is 5.91 Å². The van der Waals surface area contributed by atoms with E-state index in [2.05, 4.69) is 0 Å². The zero-order valence-corrected chi connectivity index (χ0v) is 13.4. The molecule has 5 nitrogen and oxygen atoms in total. The quantitative estimate of drug-likeness (QED) is 0.873. The topological polar surface area (TPSA) is 66.8 Å². The van der Waals surface area contributed by atoms with Crippen LogP contribution in [0.15, 0.2) is 30.3 Å². The van der Waals surface area contributed by atoms with Gasteiger partial charge in [0.25, 0.3) is 0 Å². The fourth-order valence-electron chi connectivity index (χ4n) is 3.61. The number of hydrogen-bond donors (Lipinski definition) is 1. The Balaban J connectivity index is 1.76. The predicted octanol–water partition coefficient (Wildman–Crippen LogP) is 2.13. The second-order valence-electron chi connectivity index (χ2n) is 6.70. The normalized spacial score (nSPS) is 25.3. The molecule has 2 unspecified atom stereocenters. The minimum Gasteiger partial charge on any atom is -0.481 e. The van der Waals surface area contributed by atoms with Gasteiger partial charge in [-0.05, 0) is 24.8 Å². The molecule has 1 heterocycles. The summed E-state index contributed by atoms with van der Waals surface area (Å²) in [5.41, 5.74) is 0.696. The number of amides is 1. The standard InChI is InChI=1S/C18H23NO4/c1-23-10-9-18(7-8-18)17(22)19-11-14(15(12-19)16(20)21)13-5-3-2-4-6-13/h2-6,14-15H,7-12H2,1H3,(H,20,21). The number of benzene rings is 1. The van der Waals surface area contributed by atoms with Gasteiger partial charge in [-0.25, -0.2) is 0 Å². The zero-order valence-electron chi connectivity index (χ0n) is 13.4. The third kappa shape index (κ3) is 3.11. The summed E-state index contributed by atoms with van der Waals surface area (Å²) < 4.78 is 5.12. The van der Waals surface area contributed by atoms with E-state index in [1.54, 1.807) is 12.0 Å². The molecule has 124 valence electrons. The number of nitrogens with zero attached hydrogens (tertiary/aromatic N) is 1. The summed E-state index contributed by atoms with van der Waals surface area (Å²) >= 11 is 0. The number of carbonyl (C=O) groups is 2. The molecule has 3 rings (SSSR count). The van der Waals surface area contributed by atoms with Gasteiger partial charge in [-0.15, -0.1) is 0 Å². The van der Waals surface area contributed by atoms with Crippen LogP contribution in [0.4, 0.5) is 0 Å². The maximum Gasteiger partial charge on any atom is 0.308 e. The van der Waals surface area contributed by atoms with Crippen molar-refractivity contribution >= 4 is 11.9 Å². The fraction of sp³-hybridized carbons (Fsp3) is 0.556. The molecule has 1 saturated heterocycles. The van der Waals surface area contributed by atoms with Crippen LogP contribution < -0.4 is 0 Å². The lowest BCUT2D eigenvalue weighted by atomic mass is 9.89. The molecular weight excluding hydrogens is 294 g/mol. The highest BCUT2D eigenvalue weighted by atomic mass is 16.5. The Hall–Kier alpha value is -1.88. The summed E-state index contributed by atoms with van der Waals surface area (Å²) in [6.45, 7) is 1.38. The van der Waals surface area contributed by atoms with Crippen molar-refractivity contribution in [2.24, 2.45) is 11.3 Å². The Morgan fingerprint density at radius 2 is 1.96 bits per heavy atom. The first kappa shape index (κ1) is 16.0. The van der Waals surface area contributed by atoms with E-state index in [4.69, 9.17) is 4.74 Å². The van der Waals surface area contributed by atoms with Gasteiger partial charge in [0, 0.05) is 32.7 Å². The van der Waals surface area contributed by atoms with Gasteiger partial charge in [-0.3, -0.25) is 9.59 Å². The fourth-order valence-corrected chi connectivity index (χ4v) is 3.61. The van der Waals surface area contributed by atoms with E-state index >= 15 is 0 Å². The van der Waals surface area contributed by atoms with E-state index in [9.17, 15) is 14.7 Å². The maximum atomic E-state index is 12.9. The second-order valence-corrected chi connectivity index (χ2v) is 6.70. The molecule has 1 aliphatic carbocycles. The number of rotatable bonds is 6. The molecule has 1 aromatic rings. The number of ether oxygens (including phenoxy) is 1. The molecular formula is C18H23NO4. The predicted molar refractivity (Wildman–Crippen MR) is 85.0 cm³/mol. The molecule has 1 amide bonds. The minimum atomic E-state index is -0.823. The lowest BCUT2D eigenvalue weighted by Gasteiger charge is -2.23. The third-order valence-corrected chi connectivity index (χ3v) is 5.24. The first-order valence-corrected chi connectivity index (χ1v) is 8.13. The van der Waals surface area contributed by atoms with Crippen LogP contribution in [0.5, 0.6) is 0 Å². The molecule has 2 aliphatic rings. The molecule has 0 radical (unpaired) electrons. The molecule has 5 heteroatoms. The number of methoxy groups -OCH3 is 1. The number of carboxylic acids is 1. The van der Waals surface area contributed by atoms with Gasteiger partial charge < -0.3 is 14.7 Å². The lowest BCUT2D eigenvalue weighted by Crippen LogP contribution is -2.36. The molecule has 1 aromatic carbocycles. The van der Waals surface area contributed by atoms with Crippen LogP contribution in [-0.2, 0) is 14.3 Å². The average Bonchev–Trinajstić information content (AvgIpc) is 3.22. The van der Waals surface area contributed by atoms with Gasteiger partial charge in [-0.1, -0.05) is 30.3 Å². The summed E-state index contributed by atoms with van der Waals surface area (Å²) in [4.78, 5) is 26.3. The molecule has 23 heavy (non-hydrogen) atoms. The summed E-state index contributed by atoms with van der Waals surface area (Å²) in [6, 6.07) is 9.65. The van der Waals surface area contributed by atoms with Gasteiger partial charge in [0.05, 0.1) is 11.3 Å². The Bertz CT molecular complexity index is 582. The second kappa shape index (κ2) is 6.32. The molecule has 1 aliphatic heterocycles. The first-order valence-electron chi connectivity index (χ1n) is 8.13. The van der Waals surface area contributed by atoms with Crippen LogP contribution in [0.2, 0.25) is 0 Å². The average molecular weight is 317 g/mol. The Morgan fingerprint density at radius 3 is 2.52 bits per heavy atom. The highest BCUT2D eigenvalue weighted by Crippen LogP contribution is 2.51. The van der Waals surface area contributed by atoms with Crippen molar-refractivity contribution in [2.45, 2.75) is 25.2 Å². The van der Waals surface area contributed by atoms with Gasteiger partial charge in [-0.2, -0.15) is 0 Å². The van der Waals surface area contributed by atoms with E-state index in [1.807, 2.05) is 30.3 Å². The minimum absolute atomic E-state index is 0.110. The number of carbonyl (C=O) groups excluding carboxylic acids is 1. The number of likely N-dealkylation sites (tertiary alicyclic amines) is 1. The molecule has 2 atom stereocenters. The third-order valence-electron chi connectivity index (χ3n) is 5.24. The highest BCUT2D eigenvalue weighted by molar-refractivity contribution is 5.86. The van der Waals surface area contributed by atoms with Crippen LogP contribution >= 0.6 is 0 Å². The van der Waals surface area contributed by atoms with E-state index in [-0.39, 0.29) is 17.2 Å². The van der Waals surface area contributed by atoms with Crippen molar-refractivity contribution in [1.29, 1.82) is 0 Å². The van der Waals surface area contributed by atoms with Crippen LogP contribution in [0, 0.1) is 11.3 Å².